The van der Waals surface area contributed by atoms with Gasteiger partial charge in [-0.2, -0.15) is 0 Å². The van der Waals surface area contributed by atoms with Crippen LogP contribution in [0.25, 0.3) is 0 Å². The van der Waals surface area contributed by atoms with Crippen LogP contribution in [-0.4, -0.2) is 0 Å². The molecule has 0 amide bonds. The Labute approximate surface area is 132 Å². The van der Waals surface area contributed by atoms with E-state index in [2.05, 4.69) is 74.4 Å². The highest BCUT2D eigenvalue weighted by molar-refractivity contribution is 7.99. The van der Waals surface area contributed by atoms with Gasteiger partial charge in [-0.3, -0.25) is 0 Å². The summed E-state index contributed by atoms with van der Waals surface area (Å²) in [4.78, 5) is 0. The maximum atomic E-state index is 5.44. The van der Waals surface area contributed by atoms with E-state index in [9.17, 15) is 0 Å². The lowest BCUT2D eigenvalue weighted by Crippen LogP contribution is -2.29. The van der Waals surface area contributed by atoms with Crippen LogP contribution in [0.2, 0.25) is 0 Å². The third kappa shape index (κ3) is 3.89. The van der Waals surface area contributed by atoms with Gasteiger partial charge in [-0.05, 0) is 32.9 Å². The Morgan fingerprint density at radius 2 is 1.05 bits per heavy atom. The molecular formula is C18H29PS. The fraction of sp³-hybridized carbons (Fsp3) is 0.667. The van der Waals surface area contributed by atoms with Crippen LogP contribution in [0.15, 0.2) is 12.1 Å². The van der Waals surface area contributed by atoms with Crippen LogP contribution in [-0.2, 0) is 28.1 Å². The summed E-state index contributed by atoms with van der Waals surface area (Å²) in [5.74, 6) is 0. The van der Waals surface area contributed by atoms with Crippen molar-refractivity contribution in [3.05, 3.63) is 28.8 Å². The maximum absolute atomic E-state index is 5.44. The second-order valence-corrected chi connectivity index (χ2v) is 9.94. The summed E-state index contributed by atoms with van der Waals surface area (Å²) in [6, 6.07) is 4.76. The Balaban J connectivity index is 3.80. The zero-order valence-corrected chi connectivity index (χ0v) is 16.2. The van der Waals surface area contributed by atoms with Crippen LogP contribution in [0, 0.1) is 0 Å². The predicted molar refractivity (Wildman–Crippen MR) is 96.5 cm³/mol. The van der Waals surface area contributed by atoms with Crippen LogP contribution < -0.4 is 5.30 Å². The van der Waals surface area contributed by atoms with Gasteiger partial charge in [0.15, 0.2) is 0 Å². The van der Waals surface area contributed by atoms with Gasteiger partial charge in [-0.1, -0.05) is 86.3 Å². The van der Waals surface area contributed by atoms with E-state index in [1.807, 2.05) is 0 Å². The van der Waals surface area contributed by atoms with Crippen molar-refractivity contribution in [1.29, 1.82) is 0 Å². The Bertz CT molecular complexity index is 473. The lowest BCUT2D eigenvalue weighted by atomic mass is 9.75. The summed E-state index contributed by atoms with van der Waals surface area (Å²) < 4.78 is 0. The average molecular weight is 308 g/mol. The van der Waals surface area contributed by atoms with Crippen LogP contribution in [0.1, 0.15) is 79.0 Å². The third-order valence-electron chi connectivity index (χ3n) is 3.68. The van der Waals surface area contributed by atoms with Crippen molar-refractivity contribution in [3.8, 4) is 0 Å². The number of benzene rings is 1. The fourth-order valence-electron chi connectivity index (χ4n) is 2.31. The van der Waals surface area contributed by atoms with Gasteiger partial charge in [-0.25, -0.2) is 0 Å². The molecule has 0 heterocycles. The first-order chi connectivity index (χ1) is 8.78. The van der Waals surface area contributed by atoms with E-state index in [0.29, 0.717) is 0 Å². The van der Waals surface area contributed by atoms with Crippen LogP contribution in [0.4, 0.5) is 0 Å². The monoisotopic (exact) mass is 308 g/mol. The molecule has 20 heavy (non-hydrogen) atoms. The number of hydrogen-bond acceptors (Lipinski definition) is 1. The van der Waals surface area contributed by atoms with Gasteiger partial charge in [-0.15, -0.1) is 0 Å². The van der Waals surface area contributed by atoms with Crippen molar-refractivity contribution >= 4 is 24.5 Å². The molecule has 0 fully saturated rings. The first kappa shape index (κ1) is 17.8. The van der Waals surface area contributed by atoms with Crippen molar-refractivity contribution < 1.29 is 0 Å². The molecule has 0 radical (unpaired) electrons. The molecule has 1 rings (SSSR count). The Kier molecular flexibility index (Phi) is 4.89. The van der Waals surface area contributed by atoms with Gasteiger partial charge < -0.3 is 0 Å². The lowest BCUT2D eigenvalue weighted by Gasteiger charge is -2.32. The Hall–Kier alpha value is -0.260. The standard InChI is InChI=1S/C18H29PS/c1-16(2,3)12-10-13(17(4,5)6)15(19-20)14(11-12)18(7,8)9/h10-11H,1-9H3. The minimum absolute atomic E-state index is 0.127. The third-order valence-corrected chi connectivity index (χ3v) is 4.90. The van der Waals surface area contributed by atoms with E-state index in [4.69, 9.17) is 11.8 Å². The highest BCUT2D eigenvalue weighted by Gasteiger charge is 2.28. The second kappa shape index (κ2) is 5.50. The summed E-state index contributed by atoms with van der Waals surface area (Å²) in [6.07, 6.45) is 0. The van der Waals surface area contributed by atoms with Gasteiger partial charge in [0.1, 0.15) is 0 Å². The first-order valence-corrected chi connectivity index (χ1v) is 9.22. The fourth-order valence-corrected chi connectivity index (χ4v) is 3.90. The molecular weight excluding hydrogens is 279 g/mol. The molecule has 0 saturated carbocycles. The lowest BCUT2D eigenvalue weighted by molar-refractivity contribution is 0.554. The van der Waals surface area contributed by atoms with Gasteiger partial charge >= 0.3 is 0 Å². The zero-order chi connectivity index (χ0) is 15.9. The molecule has 0 spiro atoms. The predicted octanol–water partition coefficient (Wildman–Crippen LogP) is 5.61. The molecule has 0 aliphatic rings. The van der Waals surface area contributed by atoms with Crippen molar-refractivity contribution in [2.45, 2.75) is 78.6 Å². The van der Waals surface area contributed by atoms with Crippen molar-refractivity contribution in [2.24, 2.45) is 0 Å². The molecule has 0 bridgehead atoms. The SMILES string of the molecule is CC(C)(C)c1cc(C(C)(C)C)c(P=S)c(C(C)(C)C)c1. The van der Waals surface area contributed by atoms with Gasteiger partial charge in [0.05, 0.1) is 0 Å². The smallest absolute Gasteiger partial charge is 0.0202 e. The highest BCUT2D eigenvalue weighted by atomic mass is 32.4. The summed E-state index contributed by atoms with van der Waals surface area (Å²) in [6.45, 7) is 20.5. The van der Waals surface area contributed by atoms with Gasteiger partial charge in [0.2, 0.25) is 0 Å². The summed E-state index contributed by atoms with van der Waals surface area (Å²) >= 11 is 5.44. The van der Waals surface area contributed by atoms with Gasteiger partial charge in [0.25, 0.3) is 0 Å². The average Bonchev–Trinajstić information content (AvgIpc) is 2.23. The molecule has 0 unspecified atom stereocenters. The quantitative estimate of drug-likeness (QED) is 0.607. The largest absolute Gasteiger partial charge is 0.0561 e. The van der Waals surface area contributed by atoms with E-state index >= 15 is 0 Å². The van der Waals surface area contributed by atoms with Crippen molar-refractivity contribution in [3.63, 3.8) is 0 Å². The molecule has 0 aromatic heterocycles. The van der Waals surface area contributed by atoms with E-state index in [-0.39, 0.29) is 16.2 Å². The molecule has 0 aliphatic carbocycles. The number of hydrogen-bond donors (Lipinski definition) is 0. The molecule has 1 aromatic carbocycles. The summed E-state index contributed by atoms with van der Waals surface area (Å²) in [7, 11) is 0.958. The molecule has 0 atom stereocenters. The molecule has 2 heteroatoms. The highest BCUT2D eigenvalue weighted by Crippen LogP contribution is 2.34. The summed E-state index contributed by atoms with van der Waals surface area (Å²) in [5, 5.41) is 1.34. The van der Waals surface area contributed by atoms with Gasteiger partial charge in [0, 0.05) is 12.7 Å². The first-order valence-electron chi connectivity index (χ1n) is 7.31. The van der Waals surface area contributed by atoms with Crippen molar-refractivity contribution in [2.75, 3.05) is 0 Å². The van der Waals surface area contributed by atoms with E-state index in [1.54, 1.807) is 0 Å². The van der Waals surface area contributed by atoms with E-state index in [0.717, 1.165) is 7.36 Å². The molecule has 112 valence electrons. The molecule has 0 aliphatic heterocycles. The maximum Gasteiger partial charge on any atom is 0.0202 e. The van der Waals surface area contributed by atoms with Crippen LogP contribution in [0.3, 0.4) is 0 Å². The molecule has 0 nitrogen and oxygen atoms in total. The van der Waals surface area contributed by atoms with E-state index in [1.165, 1.54) is 22.0 Å². The Morgan fingerprint density at radius 1 is 0.700 bits per heavy atom. The van der Waals surface area contributed by atoms with E-state index < -0.39 is 0 Å². The number of rotatable bonds is 1. The summed E-state index contributed by atoms with van der Waals surface area (Å²) in [5.41, 5.74) is 4.65. The van der Waals surface area contributed by atoms with Crippen LogP contribution >= 0.6 is 7.36 Å². The molecule has 0 saturated heterocycles. The zero-order valence-electron chi connectivity index (χ0n) is 14.5. The normalized spacial score (nSPS) is 13.8. The Morgan fingerprint density at radius 3 is 1.25 bits per heavy atom. The van der Waals surface area contributed by atoms with Crippen molar-refractivity contribution in [1.82, 2.24) is 0 Å². The minimum atomic E-state index is 0.127. The second-order valence-electron chi connectivity index (χ2n) is 8.76. The van der Waals surface area contributed by atoms with Crippen LogP contribution in [0.5, 0.6) is 0 Å². The molecule has 0 N–H and O–H groups in total. The topological polar surface area (TPSA) is 0 Å². The minimum Gasteiger partial charge on any atom is -0.0561 e. The molecule has 1 aromatic rings.